The van der Waals surface area contributed by atoms with Crippen molar-refractivity contribution < 1.29 is 17.5 Å². The lowest BCUT2D eigenvalue weighted by Gasteiger charge is -2.14. The Hall–Kier alpha value is -1.92. The van der Waals surface area contributed by atoms with E-state index in [4.69, 9.17) is 4.74 Å². The standard InChI is InChI=1S/C17H20FNO3S/c1-12-8-13(2)17(22-3)15(9-12)10-19-23(20,21)11-14-4-6-16(18)7-5-14/h4-9,19H,10-11H2,1-3H3. The molecular weight excluding hydrogens is 317 g/mol. The summed E-state index contributed by atoms with van der Waals surface area (Å²) in [6.07, 6.45) is 0. The van der Waals surface area contributed by atoms with E-state index in [-0.39, 0.29) is 18.1 Å². The minimum Gasteiger partial charge on any atom is -0.496 e. The van der Waals surface area contributed by atoms with Gasteiger partial charge in [-0.1, -0.05) is 29.8 Å². The molecule has 1 N–H and O–H groups in total. The van der Waals surface area contributed by atoms with E-state index in [9.17, 15) is 12.8 Å². The minimum absolute atomic E-state index is 0.148. The number of sulfonamides is 1. The Morgan fingerprint density at radius 2 is 1.78 bits per heavy atom. The van der Waals surface area contributed by atoms with E-state index in [2.05, 4.69) is 4.72 Å². The zero-order valence-corrected chi connectivity index (χ0v) is 14.2. The van der Waals surface area contributed by atoms with Crippen LogP contribution in [-0.4, -0.2) is 15.5 Å². The van der Waals surface area contributed by atoms with Crippen molar-refractivity contribution in [3.63, 3.8) is 0 Å². The maximum absolute atomic E-state index is 12.9. The first-order valence-electron chi connectivity index (χ1n) is 7.16. The average molecular weight is 337 g/mol. The molecule has 0 fully saturated rings. The van der Waals surface area contributed by atoms with Crippen molar-refractivity contribution >= 4 is 10.0 Å². The number of aryl methyl sites for hydroxylation is 2. The first kappa shape index (κ1) is 17.4. The number of nitrogens with one attached hydrogen (secondary N) is 1. The lowest BCUT2D eigenvalue weighted by molar-refractivity contribution is 0.406. The molecule has 0 aromatic heterocycles. The molecule has 0 atom stereocenters. The van der Waals surface area contributed by atoms with E-state index in [0.29, 0.717) is 11.3 Å². The quantitative estimate of drug-likeness (QED) is 0.881. The Bertz CT molecular complexity index is 786. The van der Waals surface area contributed by atoms with Crippen LogP contribution in [0, 0.1) is 19.7 Å². The molecule has 4 nitrogen and oxygen atoms in total. The van der Waals surface area contributed by atoms with Crippen LogP contribution in [0.3, 0.4) is 0 Å². The molecule has 0 amide bonds. The van der Waals surface area contributed by atoms with Crippen molar-refractivity contribution in [1.82, 2.24) is 4.72 Å². The SMILES string of the molecule is COc1c(C)cc(C)cc1CNS(=O)(=O)Cc1ccc(F)cc1. The smallest absolute Gasteiger partial charge is 0.216 e. The number of benzene rings is 2. The van der Waals surface area contributed by atoms with Crippen LogP contribution >= 0.6 is 0 Å². The van der Waals surface area contributed by atoms with Gasteiger partial charge in [0.2, 0.25) is 10.0 Å². The van der Waals surface area contributed by atoms with E-state index in [1.54, 1.807) is 7.11 Å². The molecule has 0 aliphatic carbocycles. The molecule has 0 aliphatic heterocycles. The Morgan fingerprint density at radius 3 is 2.39 bits per heavy atom. The highest BCUT2D eigenvalue weighted by molar-refractivity contribution is 7.88. The van der Waals surface area contributed by atoms with Crippen LogP contribution in [0.15, 0.2) is 36.4 Å². The van der Waals surface area contributed by atoms with Crippen LogP contribution in [0.4, 0.5) is 4.39 Å². The van der Waals surface area contributed by atoms with Gasteiger partial charge in [-0.15, -0.1) is 0 Å². The highest BCUT2D eigenvalue weighted by Gasteiger charge is 2.14. The van der Waals surface area contributed by atoms with Gasteiger partial charge in [0.15, 0.2) is 0 Å². The van der Waals surface area contributed by atoms with Gasteiger partial charge in [0.05, 0.1) is 12.9 Å². The van der Waals surface area contributed by atoms with Gasteiger partial charge >= 0.3 is 0 Å². The lowest BCUT2D eigenvalue weighted by Crippen LogP contribution is -2.25. The summed E-state index contributed by atoms with van der Waals surface area (Å²) in [5.74, 6) is 0.0968. The Morgan fingerprint density at radius 1 is 1.13 bits per heavy atom. The van der Waals surface area contributed by atoms with Crippen molar-refractivity contribution in [3.8, 4) is 5.75 Å². The van der Waals surface area contributed by atoms with Gasteiger partial charge in [-0.3, -0.25) is 0 Å². The van der Waals surface area contributed by atoms with Crippen molar-refractivity contribution in [1.29, 1.82) is 0 Å². The fourth-order valence-electron chi connectivity index (χ4n) is 2.50. The molecule has 0 spiro atoms. The minimum atomic E-state index is -3.52. The third-order valence-electron chi connectivity index (χ3n) is 3.45. The Labute approximate surface area is 136 Å². The molecule has 2 rings (SSSR count). The molecule has 0 aliphatic rings. The first-order valence-corrected chi connectivity index (χ1v) is 8.82. The normalized spacial score (nSPS) is 11.5. The second-order valence-electron chi connectivity index (χ2n) is 5.48. The summed E-state index contributed by atoms with van der Waals surface area (Å²) in [5.41, 5.74) is 3.32. The molecule has 2 aromatic rings. The van der Waals surface area contributed by atoms with E-state index in [1.165, 1.54) is 24.3 Å². The maximum Gasteiger partial charge on any atom is 0.216 e. The van der Waals surface area contributed by atoms with Gasteiger partial charge in [0, 0.05) is 12.1 Å². The molecule has 23 heavy (non-hydrogen) atoms. The second-order valence-corrected chi connectivity index (χ2v) is 7.29. The van der Waals surface area contributed by atoms with Gasteiger partial charge in [-0.25, -0.2) is 17.5 Å². The van der Waals surface area contributed by atoms with Crippen molar-refractivity contribution in [2.24, 2.45) is 0 Å². The molecular formula is C17H20FNO3S. The number of rotatable bonds is 6. The van der Waals surface area contributed by atoms with Crippen LogP contribution in [0.1, 0.15) is 22.3 Å². The summed E-state index contributed by atoms with van der Waals surface area (Å²) in [6, 6.07) is 9.30. The molecule has 0 heterocycles. The second kappa shape index (κ2) is 7.10. The molecule has 0 saturated heterocycles. The number of halogens is 1. The van der Waals surface area contributed by atoms with E-state index >= 15 is 0 Å². The predicted octanol–water partition coefficient (Wildman–Crippen LogP) is 3.07. The van der Waals surface area contributed by atoms with Crippen LogP contribution in [0.25, 0.3) is 0 Å². The summed E-state index contributed by atoms with van der Waals surface area (Å²) < 4.78 is 45.2. The predicted molar refractivity (Wildman–Crippen MR) is 88.3 cm³/mol. The molecule has 0 radical (unpaired) electrons. The maximum atomic E-state index is 12.9. The van der Waals surface area contributed by atoms with E-state index < -0.39 is 10.0 Å². The summed E-state index contributed by atoms with van der Waals surface area (Å²) in [6.45, 7) is 4.01. The van der Waals surface area contributed by atoms with Crippen molar-refractivity contribution in [2.75, 3.05) is 7.11 Å². The van der Waals surface area contributed by atoms with Crippen molar-refractivity contribution in [3.05, 3.63) is 64.5 Å². The number of methoxy groups -OCH3 is 1. The van der Waals surface area contributed by atoms with Crippen LogP contribution in [-0.2, 0) is 22.3 Å². The van der Waals surface area contributed by atoms with Gasteiger partial charge < -0.3 is 4.74 Å². The third-order valence-corrected chi connectivity index (χ3v) is 4.75. The van der Waals surface area contributed by atoms with Gasteiger partial charge in [-0.2, -0.15) is 0 Å². The van der Waals surface area contributed by atoms with Crippen molar-refractivity contribution in [2.45, 2.75) is 26.1 Å². The number of hydrogen-bond donors (Lipinski definition) is 1. The van der Waals surface area contributed by atoms with E-state index in [0.717, 1.165) is 16.7 Å². The summed E-state index contributed by atoms with van der Waals surface area (Å²) in [5, 5.41) is 0. The molecule has 0 bridgehead atoms. The van der Waals surface area contributed by atoms with Crippen LogP contribution < -0.4 is 9.46 Å². The van der Waals surface area contributed by atoms with Crippen LogP contribution in [0.5, 0.6) is 5.75 Å². The summed E-state index contributed by atoms with van der Waals surface area (Å²) >= 11 is 0. The summed E-state index contributed by atoms with van der Waals surface area (Å²) in [7, 11) is -1.96. The largest absolute Gasteiger partial charge is 0.496 e. The molecule has 2 aromatic carbocycles. The zero-order valence-electron chi connectivity index (χ0n) is 13.4. The van der Waals surface area contributed by atoms with Gasteiger partial charge in [-0.05, 0) is 37.1 Å². The Kier molecular flexibility index (Phi) is 5.38. The fourth-order valence-corrected chi connectivity index (χ4v) is 3.61. The molecule has 124 valence electrons. The number of ether oxygens (including phenoxy) is 1. The zero-order chi connectivity index (χ0) is 17.0. The third kappa shape index (κ3) is 4.77. The fraction of sp³-hybridized carbons (Fsp3) is 0.294. The Balaban J connectivity index is 2.12. The van der Waals surface area contributed by atoms with Crippen LogP contribution in [0.2, 0.25) is 0 Å². The summed E-state index contributed by atoms with van der Waals surface area (Å²) in [4.78, 5) is 0. The first-order chi connectivity index (χ1) is 10.8. The van der Waals surface area contributed by atoms with E-state index in [1.807, 2.05) is 26.0 Å². The molecule has 0 unspecified atom stereocenters. The van der Waals surface area contributed by atoms with Gasteiger partial charge in [0.25, 0.3) is 0 Å². The highest BCUT2D eigenvalue weighted by Crippen LogP contribution is 2.25. The monoisotopic (exact) mass is 337 g/mol. The molecule has 6 heteroatoms. The van der Waals surface area contributed by atoms with Gasteiger partial charge in [0.1, 0.15) is 11.6 Å². The molecule has 0 saturated carbocycles. The number of hydrogen-bond acceptors (Lipinski definition) is 3. The highest BCUT2D eigenvalue weighted by atomic mass is 32.2. The lowest BCUT2D eigenvalue weighted by atomic mass is 10.1. The average Bonchev–Trinajstić information content (AvgIpc) is 2.47. The topological polar surface area (TPSA) is 55.4 Å².